The van der Waals surface area contributed by atoms with E-state index in [1.54, 1.807) is 11.7 Å². The summed E-state index contributed by atoms with van der Waals surface area (Å²) in [4.78, 5) is 4.11. The van der Waals surface area contributed by atoms with Gasteiger partial charge in [0.15, 0.2) is 0 Å². The Morgan fingerprint density at radius 3 is 2.71 bits per heavy atom. The van der Waals surface area contributed by atoms with Crippen LogP contribution < -0.4 is 5.32 Å². The van der Waals surface area contributed by atoms with E-state index in [1.807, 2.05) is 6.92 Å². The summed E-state index contributed by atoms with van der Waals surface area (Å²) in [6.45, 7) is 2.85. The lowest BCUT2D eigenvalue weighted by atomic mass is 10.2. The van der Waals surface area contributed by atoms with Gasteiger partial charge < -0.3 is 5.32 Å². The molecule has 1 heterocycles. The van der Waals surface area contributed by atoms with Crippen LogP contribution in [0.2, 0.25) is 0 Å². The maximum absolute atomic E-state index is 11.3. The maximum atomic E-state index is 11.3. The highest BCUT2D eigenvalue weighted by atomic mass is 32.2. The van der Waals surface area contributed by atoms with Gasteiger partial charge >= 0.3 is 0 Å². The third-order valence-corrected chi connectivity index (χ3v) is 3.43. The molecule has 0 radical (unpaired) electrons. The minimum absolute atomic E-state index is 0.104. The number of hydrogen-bond donors (Lipinski definition) is 1. The minimum Gasteiger partial charge on any atom is -0.313 e. The van der Waals surface area contributed by atoms with Crippen LogP contribution in [0.4, 0.5) is 0 Å². The zero-order chi connectivity index (χ0) is 12.9. The molecule has 0 saturated heterocycles. The summed E-state index contributed by atoms with van der Waals surface area (Å²) < 4.78 is 24.3. The van der Waals surface area contributed by atoms with E-state index >= 15 is 0 Å². The SMILES string of the molecule is CCCNC(Cc1ncnn1C)CS(C)(=O)=O. The number of rotatable bonds is 7. The van der Waals surface area contributed by atoms with Crippen molar-refractivity contribution in [1.29, 1.82) is 0 Å². The number of aromatic nitrogens is 3. The van der Waals surface area contributed by atoms with E-state index in [9.17, 15) is 8.42 Å². The average Bonchev–Trinajstić information content (AvgIpc) is 2.59. The van der Waals surface area contributed by atoms with Crippen LogP contribution in [0.25, 0.3) is 0 Å². The van der Waals surface area contributed by atoms with Gasteiger partial charge in [-0.1, -0.05) is 6.92 Å². The molecule has 1 aromatic rings. The predicted molar refractivity (Wildman–Crippen MR) is 66.5 cm³/mol. The first-order chi connectivity index (χ1) is 7.92. The number of aryl methyl sites for hydroxylation is 1. The van der Waals surface area contributed by atoms with Crippen molar-refractivity contribution in [3.63, 3.8) is 0 Å². The Balaban J connectivity index is 2.66. The molecule has 0 aliphatic carbocycles. The largest absolute Gasteiger partial charge is 0.313 e. The van der Waals surface area contributed by atoms with Gasteiger partial charge in [-0.15, -0.1) is 0 Å². The smallest absolute Gasteiger partial charge is 0.148 e. The molecule has 1 atom stereocenters. The van der Waals surface area contributed by atoms with E-state index < -0.39 is 9.84 Å². The Morgan fingerprint density at radius 1 is 1.53 bits per heavy atom. The van der Waals surface area contributed by atoms with Gasteiger partial charge in [0.05, 0.1) is 5.75 Å². The molecule has 0 aliphatic rings. The second-order valence-corrected chi connectivity index (χ2v) is 6.43. The molecule has 17 heavy (non-hydrogen) atoms. The Morgan fingerprint density at radius 2 is 2.24 bits per heavy atom. The molecular formula is C10H20N4O2S. The van der Waals surface area contributed by atoms with Gasteiger partial charge in [-0.3, -0.25) is 4.68 Å². The fraction of sp³-hybridized carbons (Fsp3) is 0.800. The van der Waals surface area contributed by atoms with Gasteiger partial charge in [0.1, 0.15) is 22.0 Å². The van der Waals surface area contributed by atoms with Crippen LogP contribution in [0, 0.1) is 0 Å². The van der Waals surface area contributed by atoms with Gasteiger partial charge in [-0.05, 0) is 13.0 Å². The van der Waals surface area contributed by atoms with Crippen molar-refractivity contribution in [2.24, 2.45) is 7.05 Å². The lowest BCUT2D eigenvalue weighted by Gasteiger charge is -2.16. The second-order valence-electron chi connectivity index (χ2n) is 4.25. The van der Waals surface area contributed by atoms with Gasteiger partial charge in [0.2, 0.25) is 0 Å². The fourth-order valence-corrected chi connectivity index (χ4v) is 2.60. The lowest BCUT2D eigenvalue weighted by Crippen LogP contribution is -2.38. The Bertz CT molecular complexity index is 441. The maximum Gasteiger partial charge on any atom is 0.148 e. The molecule has 0 aliphatic heterocycles. The molecule has 1 aromatic heterocycles. The summed E-state index contributed by atoms with van der Waals surface area (Å²) in [7, 11) is -1.18. The van der Waals surface area contributed by atoms with Crippen LogP contribution in [-0.2, 0) is 23.3 Å². The summed E-state index contributed by atoms with van der Waals surface area (Å²) in [5.74, 6) is 0.919. The van der Waals surface area contributed by atoms with Crippen LogP contribution in [0.3, 0.4) is 0 Å². The molecule has 0 bridgehead atoms. The molecule has 0 aromatic carbocycles. The van der Waals surface area contributed by atoms with Crippen molar-refractivity contribution in [3.05, 3.63) is 12.2 Å². The molecule has 0 fully saturated rings. The van der Waals surface area contributed by atoms with E-state index in [1.165, 1.54) is 12.6 Å². The van der Waals surface area contributed by atoms with Crippen LogP contribution in [0.5, 0.6) is 0 Å². The Hall–Kier alpha value is -0.950. The first-order valence-corrected chi connectivity index (χ1v) is 7.72. The number of hydrogen-bond acceptors (Lipinski definition) is 5. The van der Waals surface area contributed by atoms with Crippen LogP contribution >= 0.6 is 0 Å². The van der Waals surface area contributed by atoms with E-state index in [2.05, 4.69) is 15.4 Å². The summed E-state index contributed by atoms with van der Waals surface area (Å²) in [5, 5.41) is 7.21. The molecule has 98 valence electrons. The number of nitrogens with zero attached hydrogens (tertiary/aromatic N) is 3. The molecule has 0 amide bonds. The van der Waals surface area contributed by atoms with Crippen molar-refractivity contribution >= 4 is 9.84 Å². The van der Waals surface area contributed by atoms with Crippen molar-refractivity contribution in [1.82, 2.24) is 20.1 Å². The zero-order valence-electron chi connectivity index (χ0n) is 10.5. The van der Waals surface area contributed by atoms with E-state index in [-0.39, 0.29) is 11.8 Å². The number of nitrogens with one attached hydrogen (secondary N) is 1. The topological polar surface area (TPSA) is 76.9 Å². The first kappa shape index (κ1) is 14.1. The van der Waals surface area contributed by atoms with Crippen molar-refractivity contribution in [3.8, 4) is 0 Å². The summed E-state index contributed by atoms with van der Waals surface area (Å²) >= 11 is 0. The van der Waals surface area contributed by atoms with Gasteiger partial charge in [0, 0.05) is 25.8 Å². The highest BCUT2D eigenvalue weighted by Gasteiger charge is 2.17. The average molecular weight is 260 g/mol. The summed E-state index contributed by atoms with van der Waals surface area (Å²) in [6, 6.07) is -0.104. The van der Waals surface area contributed by atoms with Crippen LogP contribution in [0.1, 0.15) is 19.2 Å². The molecule has 7 heteroatoms. The monoisotopic (exact) mass is 260 g/mol. The molecule has 1 N–H and O–H groups in total. The van der Waals surface area contributed by atoms with E-state index in [0.717, 1.165) is 18.8 Å². The highest BCUT2D eigenvalue weighted by molar-refractivity contribution is 7.90. The van der Waals surface area contributed by atoms with Crippen LogP contribution in [-0.4, -0.2) is 47.8 Å². The fourth-order valence-electron chi connectivity index (χ4n) is 1.63. The first-order valence-electron chi connectivity index (χ1n) is 5.66. The summed E-state index contributed by atoms with van der Waals surface area (Å²) in [5.41, 5.74) is 0. The normalized spacial score (nSPS) is 13.8. The van der Waals surface area contributed by atoms with Gasteiger partial charge in [-0.2, -0.15) is 5.10 Å². The molecular weight excluding hydrogens is 240 g/mol. The van der Waals surface area contributed by atoms with E-state index in [0.29, 0.717) is 6.42 Å². The Kier molecular flexibility index (Phi) is 5.07. The molecule has 0 saturated carbocycles. The highest BCUT2D eigenvalue weighted by Crippen LogP contribution is 2.01. The standard InChI is InChI=1S/C10H20N4O2S/c1-4-5-11-9(7-17(3,15)16)6-10-12-8-13-14(10)2/h8-9,11H,4-7H2,1-3H3. The van der Waals surface area contributed by atoms with Crippen molar-refractivity contribution in [2.75, 3.05) is 18.6 Å². The molecule has 0 spiro atoms. The molecule has 1 unspecified atom stereocenters. The van der Waals surface area contributed by atoms with Gasteiger partial charge in [-0.25, -0.2) is 13.4 Å². The van der Waals surface area contributed by atoms with Gasteiger partial charge in [0.25, 0.3) is 0 Å². The quantitative estimate of drug-likeness (QED) is 0.733. The van der Waals surface area contributed by atoms with Crippen molar-refractivity contribution in [2.45, 2.75) is 25.8 Å². The minimum atomic E-state index is -2.99. The number of sulfone groups is 1. The third kappa shape index (κ3) is 5.27. The second kappa shape index (κ2) is 6.11. The van der Waals surface area contributed by atoms with E-state index in [4.69, 9.17) is 0 Å². The summed E-state index contributed by atoms with van der Waals surface area (Å²) in [6.07, 6.45) is 4.28. The van der Waals surface area contributed by atoms with Crippen LogP contribution in [0.15, 0.2) is 6.33 Å². The lowest BCUT2D eigenvalue weighted by molar-refractivity contribution is 0.511. The third-order valence-electron chi connectivity index (χ3n) is 2.42. The molecule has 1 rings (SSSR count). The zero-order valence-corrected chi connectivity index (χ0v) is 11.4. The predicted octanol–water partition coefficient (Wildman–Crippen LogP) is -0.230. The Labute approximate surface area is 102 Å². The molecule has 6 nitrogen and oxygen atoms in total. The van der Waals surface area contributed by atoms with Crippen molar-refractivity contribution < 1.29 is 8.42 Å².